The number of likely N-dealkylation sites (N-methyl/N-ethyl adjacent to an activating group) is 1. The molecule has 0 aliphatic heterocycles. The first-order valence-corrected chi connectivity index (χ1v) is 7.79. The highest BCUT2D eigenvalue weighted by Crippen LogP contribution is 2.13. The number of rotatable bonds is 11. The maximum atomic E-state index is 5.65. The van der Waals surface area contributed by atoms with Gasteiger partial charge in [0.2, 0.25) is 0 Å². The van der Waals surface area contributed by atoms with Crippen LogP contribution in [-0.2, 0) is 11.2 Å². The second kappa shape index (κ2) is 10.7. The van der Waals surface area contributed by atoms with E-state index in [1.54, 1.807) is 0 Å². The number of ether oxygens (including phenoxy) is 2. The van der Waals surface area contributed by atoms with Crippen molar-refractivity contribution in [2.75, 3.05) is 26.4 Å². The van der Waals surface area contributed by atoms with Crippen molar-refractivity contribution in [3.05, 3.63) is 29.8 Å². The Hall–Kier alpha value is -1.06. The molecular formula is C17H29NO2. The van der Waals surface area contributed by atoms with E-state index in [0.717, 1.165) is 31.7 Å². The summed E-state index contributed by atoms with van der Waals surface area (Å²) in [6.45, 7) is 9.65. The fourth-order valence-electron chi connectivity index (χ4n) is 2.06. The second-order valence-corrected chi connectivity index (χ2v) is 5.12. The molecule has 1 rings (SSSR count). The Morgan fingerprint density at radius 3 is 2.45 bits per heavy atom. The molecule has 0 spiro atoms. The van der Waals surface area contributed by atoms with Gasteiger partial charge in [-0.05, 0) is 44.0 Å². The molecular weight excluding hydrogens is 250 g/mol. The zero-order valence-electron chi connectivity index (χ0n) is 13.2. The summed E-state index contributed by atoms with van der Waals surface area (Å²) in [7, 11) is 0. The van der Waals surface area contributed by atoms with Gasteiger partial charge in [0.1, 0.15) is 12.4 Å². The Kier molecular flexibility index (Phi) is 9.09. The van der Waals surface area contributed by atoms with Gasteiger partial charge in [-0.3, -0.25) is 0 Å². The Labute approximate surface area is 123 Å². The van der Waals surface area contributed by atoms with Crippen LogP contribution in [0, 0.1) is 0 Å². The minimum atomic E-state index is 0.513. The van der Waals surface area contributed by atoms with Crippen LogP contribution in [0.3, 0.4) is 0 Å². The maximum Gasteiger partial charge on any atom is 0.119 e. The van der Waals surface area contributed by atoms with Crippen molar-refractivity contribution in [1.29, 1.82) is 0 Å². The predicted octanol–water partition coefficient (Wildman–Crippen LogP) is 3.42. The number of nitrogens with one attached hydrogen (secondary N) is 1. The lowest BCUT2D eigenvalue weighted by Gasteiger charge is -2.12. The van der Waals surface area contributed by atoms with Crippen LogP contribution in [-0.4, -0.2) is 32.4 Å². The van der Waals surface area contributed by atoms with Crippen molar-refractivity contribution in [3.8, 4) is 5.75 Å². The van der Waals surface area contributed by atoms with Crippen molar-refractivity contribution in [3.63, 3.8) is 0 Å². The second-order valence-electron chi connectivity index (χ2n) is 5.12. The average Bonchev–Trinajstić information content (AvgIpc) is 2.45. The summed E-state index contributed by atoms with van der Waals surface area (Å²) in [4.78, 5) is 0. The summed E-state index contributed by atoms with van der Waals surface area (Å²) in [5.41, 5.74) is 1.34. The fourth-order valence-corrected chi connectivity index (χ4v) is 2.06. The summed E-state index contributed by atoms with van der Waals surface area (Å²) in [5.74, 6) is 0.920. The third-order valence-corrected chi connectivity index (χ3v) is 3.16. The third-order valence-electron chi connectivity index (χ3n) is 3.16. The minimum Gasteiger partial charge on any atom is -0.491 e. The molecule has 1 N–H and O–H groups in total. The van der Waals surface area contributed by atoms with E-state index in [-0.39, 0.29) is 0 Å². The normalized spacial score (nSPS) is 12.3. The molecule has 0 radical (unpaired) electrons. The molecule has 0 fully saturated rings. The van der Waals surface area contributed by atoms with Crippen molar-refractivity contribution in [1.82, 2.24) is 5.32 Å². The van der Waals surface area contributed by atoms with Gasteiger partial charge in [-0.1, -0.05) is 32.4 Å². The van der Waals surface area contributed by atoms with E-state index in [9.17, 15) is 0 Å². The van der Waals surface area contributed by atoms with Gasteiger partial charge < -0.3 is 14.8 Å². The van der Waals surface area contributed by atoms with Crippen LogP contribution in [0.25, 0.3) is 0 Å². The molecule has 3 heteroatoms. The van der Waals surface area contributed by atoms with E-state index >= 15 is 0 Å². The largest absolute Gasteiger partial charge is 0.491 e. The maximum absolute atomic E-state index is 5.65. The van der Waals surface area contributed by atoms with Gasteiger partial charge >= 0.3 is 0 Å². The van der Waals surface area contributed by atoms with Crippen LogP contribution in [0.15, 0.2) is 24.3 Å². The Morgan fingerprint density at radius 1 is 1.05 bits per heavy atom. The smallest absolute Gasteiger partial charge is 0.119 e. The molecule has 20 heavy (non-hydrogen) atoms. The topological polar surface area (TPSA) is 30.5 Å². The minimum absolute atomic E-state index is 0.513. The van der Waals surface area contributed by atoms with E-state index in [0.29, 0.717) is 19.3 Å². The van der Waals surface area contributed by atoms with E-state index < -0.39 is 0 Å². The highest BCUT2D eigenvalue weighted by Gasteiger charge is 2.02. The Balaban J connectivity index is 2.21. The van der Waals surface area contributed by atoms with Gasteiger partial charge in [-0.2, -0.15) is 0 Å². The van der Waals surface area contributed by atoms with Crippen molar-refractivity contribution in [2.45, 2.75) is 46.1 Å². The van der Waals surface area contributed by atoms with Gasteiger partial charge in [0.25, 0.3) is 0 Å². The number of hydrogen-bond acceptors (Lipinski definition) is 3. The summed E-state index contributed by atoms with van der Waals surface area (Å²) >= 11 is 0. The first-order valence-electron chi connectivity index (χ1n) is 7.79. The van der Waals surface area contributed by atoms with Crippen LogP contribution in [0.1, 0.15) is 39.2 Å². The number of hydrogen-bond donors (Lipinski definition) is 1. The molecule has 0 saturated carbocycles. The molecule has 0 heterocycles. The van der Waals surface area contributed by atoms with Crippen LogP contribution >= 0.6 is 0 Å². The highest BCUT2D eigenvalue weighted by atomic mass is 16.5. The van der Waals surface area contributed by atoms with Crippen LogP contribution < -0.4 is 10.1 Å². The van der Waals surface area contributed by atoms with Crippen molar-refractivity contribution < 1.29 is 9.47 Å². The average molecular weight is 279 g/mol. The molecule has 0 aromatic heterocycles. The van der Waals surface area contributed by atoms with Gasteiger partial charge in [0.15, 0.2) is 0 Å². The zero-order valence-corrected chi connectivity index (χ0v) is 13.2. The molecule has 1 aromatic rings. The van der Waals surface area contributed by atoms with E-state index in [1.807, 2.05) is 12.1 Å². The molecule has 1 atom stereocenters. The highest BCUT2D eigenvalue weighted by molar-refractivity contribution is 5.27. The molecule has 0 saturated heterocycles. The van der Waals surface area contributed by atoms with Gasteiger partial charge in [-0.15, -0.1) is 0 Å². The van der Waals surface area contributed by atoms with E-state index in [1.165, 1.54) is 12.0 Å². The summed E-state index contributed by atoms with van der Waals surface area (Å²) in [6.07, 6.45) is 3.35. The van der Waals surface area contributed by atoms with Crippen LogP contribution in [0.2, 0.25) is 0 Å². The molecule has 1 aromatic carbocycles. The van der Waals surface area contributed by atoms with Crippen LogP contribution in [0.4, 0.5) is 0 Å². The van der Waals surface area contributed by atoms with E-state index in [2.05, 4.69) is 38.2 Å². The van der Waals surface area contributed by atoms with Crippen molar-refractivity contribution in [2.24, 2.45) is 0 Å². The lowest BCUT2D eigenvalue weighted by atomic mass is 10.1. The quantitative estimate of drug-likeness (QED) is 0.630. The predicted molar refractivity (Wildman–Crippen MR) is 84.5 cm³/mol. The summed E-state index contributed by atoms with van der Waals surface area (Å²) in [5, 5.41) is 3.42. The molecule has 114 valence electrons. The Morgan fingerprint density at radius 2 is 1.80 bits per heavy atom. The summed E-state index contributed by atoms with van der Waals surface area (Å²) in [6, 6.07) is 8.88. The molecule has 1 unspecified atom stereocenters. The first-order chi connectivity index (χ1) is 9.76. The van der Waals surface area contributed by atoms with E-state index in [4.69, 9.17) is 9.47 Å². The zero-order chi connectivity index (χ0) is 14.6. The Bertz CT molecular complexity index is 337. The first kappa shape index (κ1) is 17.0. The third kappa shape index (κ3) is 7.51. The SMILES string of the molecule is CCCCOCCOc1ccc(CC(C)NCC)cc1. The lowest BCUT2D eigenvalue weighted by Crippen LogP contribution is -2.27. The van der Waals surface area contributed by atoms with Crippen molar-refractivity contribution >= 4 is 0 Å². The lowest BCUT2D eigenvalue weighted by molar-refractivity contribution is 0.0980. The van der Waals surface area contributed by atoms with Gasteiger partial charge in [0, 0.05) is 12.6 Å². The number of unbranched alkanes of at least 4 members (excludes halogenated alkanes) is 1. The summed E-state index contributed by atoms with van der Waals surface area (Å²) < 4.78 is 11.1. The molecule has 3 nitrogen and oxygen atoms in total. The van der Waals surface area contributed by atoms with Gasteiger partial charge in [-0.25, -0.2) is 0 Å². The monoisotopic (exact) mass is 279 g/mol. The number of benzene rings is 1. The van der Waals surface area contributed by atoms with Gasteiger partial charge in [0.05, 0.1) is 6.61 Å². The molecule has 0 bridgehead atoms. The molecule has 0 aliphatic carbocycles. The standard InChI is InChI=1S/C17H29NO2/c1-4-6-11-19-12-13-20-17-9-7-16(8-10-17)14-15(3)18-5-2/h7-10,15,18H,4-6,11-14H2,1-3H3. The van der Waals surface area contributed by atoms with Crippen LogP contribution in [0.5, 0.6) is 5.75 Å². The molecule has 0 amide bonds. The fraction of sp³-hybridized carbons (Fsp3) is 0.647. The molecule has 0 aliphatic rings.